The summed E-state index contributed by atoms with van der Waals surface area (Å²) in [6.07, 6.45) is -3.04. The summed E-state index contributed by atoms with van der Waals surface area (Å²) in [6, 6.07) is 8.73. The molecular weight excluding hydrogens is 377 g/mol. The zero-order valence-electron chi connectivity index (χ0n) is 15.1. The minimum Gasteiger partial charge on any atom is -0.497 e. The summed E-state index contributed by atoms with van der Waals surface area (Å²) in [5.41, 5.74) is 0.0151. The number of aliphatic imine (C=N–C) groups is 1. The highest BCUT2D eigenvalue weighted by Crippen LogP contribution is 2.26. The first kappa shape index (κ1) is 20.9. The molecule has 0 radical (unpaired) electrons. The van der Waals surface area contributed by atoms with E-state index in [9.17, 15) is 18.0 Å². The Morgan fingerprint density at radius 1 is 1.32 bits per heavy atom. The van der Waals surface area contributed by atoms with E-state index in [1.54, 1.807) is 37.4 Å². The van der Waals surface area contributed by atoms with Gasteiger partial charge < -0.3 is 14.0 Å². The molecule has 0 bridgehead atoms. The van der Waals surface area contributed by atoms with E-state index < -0.39 is 17.8 Å². The average molecular weight is 394 g/mol. The largest absolute Gasteiger partial charge is 0.497 e. The maximum absolute atomic E-state index is 12.6. The molecule has 6 nitrogen and oxygen atoms in total. The van der Waals surface area contributed by atoms with Crippen LogP contribution in [0.15, 0.2) is 63.3 Å². The fourth-order valence-corrected chi connectivity index (χ4v) is 2.06. The van der Waals surface area contributed by atoms with Crippen molar-refractivity contribution in [3.05, 3.63) is 59.5 Å². The van der Waals surface area contributed by atoms with E-state index in [1.807, 2.05) is 0 Å². The van der Waals surface area contributed by atoms with Crippen molar-refractivity contribution in [2.24, 2.45) is 4.99 Å². The van der Waals surface area contributed by atoms with Crippen molar-refractivity contribution in [1.29, 1.82) is 0 Å². The molecule has 0 aliphatic rings. The van der Waals surface area contributed by atoms with Crippen LogP contribution in [0.2, 0.25) is 0 Å². The van der Waals surface area contributed by atoms with Crippen LogP contribution in [0, 0.1) is 0 Å². The summed E-state index contributed by atoms with van der Waals surface area (Å²) in [6.45, 7) is 3.95. The maximum Gasteiger partial charge on any atom is 0.433 e. The number of carbonyl (C=O) groups excluding carboxylic acids is 1. The van der Waals surface area contributed by atoms with Crippen LogP contribution in [0.3, 0.4) is 0 Å². The van der Waals surface area contributed by atoms with Crippen molar-refractivity contribution < 1.29 is 32.0 Å². The third-order valence-corrected chi connectivity index (χ3v) is 3.54. The summed E-state index contributed by atoms with van der Waals surface area (Å²) in [4.78, 5) is 14.8. The summed E-state index contributed by atoms with van der Waals surface area (Å²) < 4.78 is 52.9. The molecule has 0 fully saturated rings. The number of rotatable bonds is 7. The molecule has 0 atom stereocenters. The second-order valence-corrected chi connectivity index (χ2v) is 5.54. The fraction of sp³-hybridized carbons (Fsp3) is 0.211. The molecule has 1 heterocycles. The Kier molecular flexibility index (Phi) is 6.75. The molecule has 2 rings (SSSR count). The molecule has 1 aromatic heterocycles. The number of allylic oxidation sites excluding steroid dienone is 3. The molecule has 0 unspecified atom stereocenters. The molecular formula is C19H17F3N2O4. The van der Waals surface area contributed by atoms with Crippen molar-refractivity contribution in [3.8, 4) is 17.0 Å². The van der Waals surface area contributed by atoms with Gasteiger partial charge in [-0.3, -0.25) is 4.99 Å². The highest BCUT2D eigenvalue weighted by molar-refractivity contribution is 5.88. The minimum absolute atomic E-state index is 0.0436. The second-order valence-electron chi connectivity index (χ2n) is 5.54. The minimum atomic E-state index is -4.65. The molecule has 2 aromatic rings. The van der Waals surface area contributed by atoms with Crippen LogP contribution in [-0.2, 0) is 16.1 Å². The van der Waals surface area contributed by atoms with Crippen molar-refractivity contribution >= 4 is 12.7 Å². The molecule has 0 aliphatic heterocycles. The maximum atomic E-state index is 12.6. The van der Waals surface area contributed by atoms with Crippen LogP contribution in [0.25, 0.3) is 11.3 Å². The first-order valence-electron chi connectivity index (χ1n) is 7.94. The molecule has 9 heteroatoms. The number of hydrogen-bond acceptors (Lipinski definition) is 6. The van der Waals surface area contributed by atoms with E-state index >= 15 is 0 Å². The number of aromatic nitrogens is 1. The van der Waals surface area contributed by atoms with Crippen molar-refractivity contribution in [2.45, 2.75) is 19.7 Å². The van der Waals surface area contributed by atoms with E-state index in [2.05, 4.69) is 16.9 Å². The number of halogens is 3. The molecule has 0 amide bonds. The lowest BCUT2D eigenvalue weighted by Crippen LogP contribution is -2.10. The lowest BCUT2D eigenvalue weighted by atomic mass is 10.1. The van der Waals surface area contributed by atoms with Crippen molar-refractivity contribution in [1.82, 2.24) is 5.16 Å². The number of esters is 1. The lowest BCUT2D eigenvalue weighted by molar-refractivity contribution is -0.140. The topological polar surface area (TPSA) is 73.9 Å². The average Bonchev–Trinajstić information content (AvgIpc) is 3.14. The highest BCUT2D eigenvalue weighted by atomic mass is 19.4. The van der Waals surface area contributed by atoms with Crippen LogP contribution in [0.1, 0.15) is 12.7 Å². The molecule has 0 saturated carbocycles. The van der Waals surface area contributed by atoms with Crippen LogP contribution in [0.5, 0.6) is 5.75 Å². The van der Waals surface area contributed by atoms with E-state index in [0.29, 0.717) is 17.5 Å². The smallest absolute Gasteiger partial charge is 0.433 e. The van der Waals surface area contributed by atoms with Gasteiger partial charge in [-0.25, -0.2) is 4.79 Å². The van der Waals surface area contributed by atoms with Gasteiger partial charge in [0, 0.05) is 17.2 Å². The van der Waals surface area contributed by atoms with Crippen LogP contribution in [-0.4, -0.2) is 31.1 Å². The summed E-state index contributed by atoms with van der Waals surface area (Å²) in [7, 11) is 1.54. The molecule has 0 aliphatic carbocycles. The third-order valence-electron chi connectivity index (χ3n) is 3.54. The number of alkyl halides is 3. The quantitative estimate of drug-likeness (QED) is 0.299. The molecule has 0 spiro atoms. The number of ether oxygens (including phenoxy) is 2. The van der Waals surface area contributed by atoms with Gasteiger partial charge in [0.1, 0.15) is 17.1 Å². The zero-order chi connectivity index (χ0) is 20.7. The van der Waals surface area contributed by atoms with Gasteiger partial charge >= 0.3 is 12.1 Å². The Balaban J connectivity index is 2.01. The molecule has 0 saturated heterocycles. The summed E-state index contributed by atoms with van der Waals surface area (Å²) in [5.74, 6) is 0.119. The predicted octanol–water partition coefficient (Wildman–Crippen LogP) is 4.49. The monoisotopic (exact) mass is 394 g/mol. The van der Waals surface area contributed by atoms with Gasteiger partial charge in [-0.05, 0) is 37.9 Å². The Labute approximate surface area is 159 Å². The second kappa shape index (κ2) is 9.03. The summed E-state index contributed by atoms with van der Waals surface area (Å²) >= 11 is 0. The van der Waals surface area contributed by atoms with Gasteiger partial charge in [0.25, 0.3) is 0 Å². The van der Waals surface area contributed by atoms with E-state index in [1.165, 1.54) is 6.92 Å². The predicted molar refractivity (Wildman–Crippen MR) is 95.7 cm³/mol. The van der Waals surface area contributed by atoms with E-state index in [4.69, 9.17) is 14.0 Å². The fourth-order valence-electron chi connectivity index (χ4n) is 2.06. The number of nitrogens with zero attached hydrogens (tertiary/aromatic N) is 2. The first-order chi connectivity index (χ1) is 13.2. The summed E-state index contributed by atoms with van der Waals surface area (Å²) in [5, 5.41) is 3.89. The highest BCUT2D eigenvalue weighted by Gasteiger charge is 2.32. The Bertz CT molecular complexity index is 914. The lowest BCUT2D eigenvalue weighted by Gasteiger charge is -2.05. The molecule has 0 N–H and O–H groups in total. The van der Waals surface area contributed by atoms with Gasteiger partial charge in [0.15, 0.2) is 12.4 Å². The van der Waals surface area contributed by atoms with Gasteiger partial charge in [-0.1, -0.05) is 17.3 Å². The number of methoxy groups -OCH3 is 1. The van der Waals surface area contributed by atoms with Crippen LogP contribution < -0.4 is 4.74 Å². The first-order valence-corrected chi connectivity index (χ1v) is 7.94. The Morgan fingerprint density at radius 3 is 2.71 bits per heavy atom. The number of benzene rings is 1. The number of carbonyl (C=O) groups is 1. The molecule has 1 aromatic carbocycles. The molecule has 148 valence electrons. The van der Waals surface area contributed by atoms with E-state index in [-0.39, 0.29) is 17.9 Å². The van der Waals surface area contributed by atoms with E-state index in [0.717, 1.165) is 11.6 Å². The SMILES string of the molecule is C=N/C(=C\C=C(/C)C(=O)OCc1cc(-c2cccc(OC)c2)no1)C(F)(F)F. The van der Waals surface area contributed by atoms with Crippen LogP contribution in [0.4, 0.5) is 13.2 Å². The zero-order valence-corrected chi connectivity index (χ0v) is 15.1. The van der Waals surface area contributed by atoms with Crippen molar-refractivity contribution in [2.75, 3.05) is 7.11 Å². The third kappa shape index (κ3) is 5.57. The van der Waals surface area contributed by atoms with Gasteiger partial charge in [-0.15, -0.1) is 0 Å². The number of hydrogen-bond donors (Lipinski definition) is 0. The normalized spacial score (nSPS) is 12.6. The van der Waals surface area contributed by atoms with Gasteiger partial charge in [0.05, 0.1) is 7.11 Å². The Morgan fingerprint density at radius 2 is 2.07 bits per heavy atom. The van der Waals surface area contributed by atoms with Gasteiger partial charge in [0.2, 0.25) is 0 Å². The van der Waals surface area contributed by atoms with Gasteiger partial charge in [-0.2, -0.15) is 13.2 Å². The Hall–Kier alpha value is -3.36. The molecule has 28 heavy (non-hydrogen) atoms. The van der Waals surface area contributed by atoms with Crippen molar-refractivity contribution in [3.63, 3.8) is 0 Å². The van der Waals surface area contributed by atoms with Crippen LogP contribution >= 0.6 is 0 Å². The standard InChI is InChI=1S/C19H17F3N2O4/c1-12(7-8-17(23-2)19(20,21)22)18(25)27-11-15-10-16(24-28-15)13-5-4-6-14(9-13)26-3/h4-10H,2,11H2,1,3H3/b12-7+,17-8-.